The van der Waals surface area contributed by atoms with Gasteiger partial charge >= 0.3 is 0 Å². The van der Waals surface area contributed by atoms with Gasteiger partial charge in [0.2, 0.25) is 0 Å². The van der Waals surface area contributed by atoms with Gasteiger partial charge in [-0.15, -0.1) is 0 Å². The number of pyridine rings is 1. The molecule has 4 nitrogen and oxygen atoms in total. The Morgan fingerprint density at radius 2 is 2.00 bits per heavy atom. The Morgan fingerprint density at radius 1 is 1.30 bits per heavy atom. The molecule has 1 aromatic heterocycles. The molecule has 2 N–H and O–H groups in total. The van der Waals surface area contributed by atoms with Crippen molar-refractivity contribution in [3.05, 3.63) is 51.2 Å². The second-order valence-corrected chi connectivity index (χ2v) is 5.90. The van der Waals surface area contributed by atoms with Gasteiger partial charge in [0, 0.05) is 20.8 Å². The molecule has 1 unspecified atom stereocenters. The lowest BCUT2D eigenvalue weighted by molar-refractivity contribution is 0.274. The Hall–Kier alpha value is -1.11. The number of ether oxygens (including phenoxy) is 1. The van der Waals surface area contributed by atoms with Crippen LogP contribution in [-0.4, -0.2) is 23.8 Å². The molecular weight excluding hydrogens is 388 g/mol. The van der Waals surface area contributed by atoms with Gasteiger partial charge in [-0.3, -0.25) is 4.98 Å². The zero-order valence-electron chi connectivity index (χ0n) is 10.8. The number of halogens is 2. The van der Waals surface area contributed by atoms with Crippen molar-refractivity contribution in [2.75, 3.05) is 19.0 Å². The van der Waals surface area contributed by atoms with E-state index in [4.69, 9.17) is 4.74 Å². The number of benzene rings is 1. The number of aromatic nitrogens is 1. The maximum absolute atomic E-state index is 9.58. The van der Waals surface area contributed by atoms with Gasteiger partial charge in [-0.05, 0) is 62.2 Å². The van der Waals surface area contributed by atoms with Gasteiger partial charge in [0.05, 0.1) is 25.5 Å². The normalized spacial score (nSPS) is 12.0. The molecule has 0 spiro atoms. The summed E-state index contributed by atoms with van der Waals surface area (Å²) in [5, 5.41) is 12.8. The minimum Gasteiger partial charge on any atom is -0.497 e. The molecule has 0 radical (unpaired) electrons. The van der Waals surface area contributed by atoms with Crippen LogP contribution >= 0.6 is 31.9 Å². The molecule has 0 bridgehead atoms. The van der Waals surface area contributed by atoms with Gasteiger partial charge in [0.1, 0.15) is 5.75 Å². The predicted octanol–water partition coefficient (Wildman–Crippen LogP) is 3.76. The highest BCUT2D eigenvalue weighted by atomic mass is 79.9. The number of methoxy groups -OCH3 is 1. The molecule has 2 aromatic rings. The van der Waals surface area contributed by atoms with E-state index >= 15 is 0 Å². The summed E-state index contributed by atoms with van der Waals surface area (Å²) in [7, 11) is 1.63. The molecule has 0 fully saturated rings. The molecule has 6 heteroatoms. The molecular formula is C14H14Br2N2O2. The SMILES string of the molecule is COc1ccc(NC(CO)c2ncc(Br)cc2Br)cc1. The maximum atomic E-state index is 9.58. The van der Waals surface area contributed by atoms with Gasteiger partial charge in [-0.25, -0.2) is 0 Å². The van der Waals surface area contributed by atoms with E-state index in [1.165, 1.54) is 0 Å². The molecule has 0 aliphatic heterocycles. The second kappa shape index (κ2) is 7.06. The summed E-state index contributed by atoms with van der Waals surface area (Å²) < 4.78 is 6.84. The van der Waals surface area contributed by atoms with Crippen LogP contribution in [0.15, 0.2) is 45.5 Å². The third-order valence-electron chi connectivity index (χ3n) is 2.78. The van der Waals surface area contributed by atoms with Crippen LogP contribution in [0, 0.1) is 0 Å². The molecule has 0 amide bonds. The van der Waals surface area contributed by atoms with Crippen molar-refractivity contribution in [2.24, 2.45) is 0 Å². The second-order valence-electron chi connectivity index (χ2n) is 4.13. The van der Waals surface area contributed by atoms with Crippen LogP contribution in [0.5, 0.6) is 5.75 Å². The lowest BCUT2D eigenvalue weighted by Gasteiger charge is -2.18. The molecule has 20 heavy (non-hydrogen) atoms. The van der Waals surface area contributed by atoms with Crippen LogP contribution in [0.4, 0.5) is 5.69 Å². The number of nitrogens with one attached hydrogen (secondary N) is 1. The Morgan fingerprint density at radius 3 is 2.55 bits per heavy atom. The number of nitrogens with zero attached hydrogens (tertiary/aromatic N) is 1. The summed E-state index contributed by atoms with van der Waals surface area (Å²) in [4.78, 5) is 4.34. The molecule has 2 rings (SSSR count). The number of hydrogen-bond acceptors (Lipinski definition) is 4. The monoisotopic (exact) mass is 400 g/mol. The summed E-state index contributed by atoms with van der Waals surface area (Å²) in [6.07, 6.45) is 1.71. The highest BCUT2D eigenvalue weighted by molar-refractivity contribution is 9.11. The van der Waals surface area contributed by atoms with Crippen LogP contribution in [0.25, 0.3) is 0 Å². The number of rotatable bonds is 5. The fourth-order valence-corrected chi connectivity index (χ4v) is 3.03. The average Bonchev–Trinajstić information content (AvgIpc) is 2.46. The number of hydrogen-bond donors (Lipinski definition) is 2. The minimum atomic E-state index is -0.286. The first-order valence-corrected chi connectivity index (χ1v) is 7.55. The Kier molecular flexibility index (Phi) is 5.39. The Bertz CT molecular complexity index is 576. The minimum absolute atomic E-state index is 0.0563. The average molecular weight is 402 g/mol. The van der Waals surface area contributed by atoms with Gasteiger partial charge in [0.15, 0.2) is 0 Å². The van der Waals surface area contributed by atoms with Crippen molar-refractivity contribution in [3.8, 4) is 5.75 Å². The zero-order valence-corrected chi connectivity index (χ0v) is 14.0. The number of aliphatic hydroxyl groups excluding tert-OH is 1. The zero-order chi connectivity index (χ0) is 14.5. The van der Waals surface area contributed by atoms with Gasteiger partial charge in [-0.1, -0.05) is 0 Å². The summed E-state index contributed by atoms with van der Waals surface area (Å²) >= 11 is 6.82. The molecule has 0 saturated heterocycles. The van der Waals surface area contributed by atoms with Gasteiger partial charge in [0.25, 0.3) is 0 Å². The van der Waals surface area contributed by atoms with Crippen LogP contribution in [-0.2, 0) is 0 Å². The van der Waals surface area contributed by atoms with E-state index in [1.54, 1.807) is 13.3 Å². The van der Waals surface area contributed by atoms with Crippen LogP contribution in [0.1, 0.15) is 11.7 Å². The summed E-state index contributed by atoms with van der Waals surface area (Å²) in [6, 6.07) is 9.14. The lowest BCUT2D eigenvalue weighted by Crippen LogP contribution is -2.16. The van der Waals surface area contributed by atoms with Crippen molar-refractivity contribution >= 4 is 37.5 Å². The molecule has 0 aliphatic carbocycles. The molecule has 0 saturated carbocycles. The Labute approximate surface area is 134 Å². The first-order valence-electron chi connectivity index (χ1n) is 5.96. The largest absolute Gasteiger partial charge is 0.497 e. The molecule has 106 valence electrons. The summed E-state index contributed by atoms with van der Waals surface area (Å²) in [5.41, 5.74) is 1.65. The van der Waals surface area contributed by atoms with E-state index in [-0.39, 0.29) is 12.6 Å². The molecule has 1 aromatic carbocycles. The highest BCUT2D eigenvalue weighted by Gasteiger charge is 2.15. The van der Waals surface area contributed by atoms with E-state index in [1.807, 2.05) is 30.3 Å². The molecule has 1 atom stereocenters. The van der Waals surface area contributed by atoms with Crippen molar-refractivity contribution in [2.45, 2.75) is 6.04 Å². The highest BCUT2D eigenvalue weighted by Crippen LogP contribution is 2.27. The van der Waals surface area contributed by atoms with Crippen LogP contribution in [0.3, 0.4) is 0 Å². The van der Waals surface area contributed by atoms with Gasteiger partial charge < -0.3 is 15.2 Å². The van der Waals surface area contributed by atoms with E-state index in [0.29, 0.717) is 0 Å². The first-order chi connectivity index (χ1) is 9.63. The van der Waals surface area contributed by atoms with E-state index in [2.05, 4.69) is 42.2 Å². The molecule has 1 heterocycles. The quantitative estimate of drug-likeness (QED) is 0.800. The van der Waals surface area contributed by atoms with E-state index in [0.717, 1.165) is 26.1 Å². The van der Waals surface area contributed by atoms with Crippen molar-refractivity contribution in [1.29, 1.82) is 0 Å². The van der Waals surface area contributed by atoms with Crippen molar-refractivity contribution < 1.29 is 9.84 Å². The van der Waals surface area contributed by atoms with E-state index < -0.39 is 0 Å². The lowest BCUT2D eigenvalue weighted by atomic mass is 10.2. The maximum Gasteiger partial charge on any atom is 0.119 e. The van der Waals surface area contributed by atoms with E-state index in [9.17, 15) is 5.11 Å². The predicted molar refractivity (Wildman–Crippen MR) is 86.1 cm³/mol. The topological polar surface area (TPSA) is 54.4 Å². The Balaban J connectivity index is 2.19. The fourth-order valence-electron chi connectivity index (χ4n) is 1.77. The third-order valence-corrected chi connectivity index (χ3v) is 3.85. The van der Waals surface area contributed by atoms with Crippen molar-refractivity contribution in [1.82, 2.24) is 4.98 Å². The summed E-state index contributed by atoms with van der Waals surface area (Å²) in [5.74, 6) is 0.791. The molecule has 0 aliphatic rings. The van der Waals surface area contributed by atoms with Crippen molar-refractivity contribution in [3.63, 3.8) is 0 Å². The number of aliphatic hydroxyl groups is 1. The van der Waals surface area contributed by atoms with Crippen LogP contribution in [0.2, 0.25) is 0 Å². The first kappa shape index (κ1) is 15.3. The van der Waals surface area contributed by atoms with Crippen LogP contribution < -0.4 is 10.1 Å². The third kappa shape index (κ3) is 3.71. The van der Waals surface area contributed by atoms with Gasteiger partial charge in [-0.2, -0.15) is 0 Å². The standard InChI is InChI=1S/C14H14Br2N2O2/c1-20-11-4-2-10(3-5-11)18-13(8-19)14-12(16)6-9(15)7-17-14/h2-7,13,18-19H,8H2,1H3. The smallest absolute Gasteiger partial charge is 0.119 e. The fraction of sp³-hybridized carbons (Fsp3) is 0.214. The number of anilines is 1. The summed E-state index contributed by atoms with van der Waals surface area (Å²) in [6.45, 7) is -0.0563.